The van der Waals surface area contributed by atoms with Gasteiger partial charge in [0, 0.05) is 5.92 Å². The van der Waals surface area contributed by atoms with Gasteiger partial charge in [-0.25, -0.2) is 0 Å². The smallest absolute Gasteiger partial charge is 0.166 e. The summed E-state index contributed by atoms with van der Waals surface area (Å²) in [6.45, 7) is 2.17. The van der Waals surface area contributed by atoms with Crippen molar-refractivity contribution in [1.82, 2.24) is 0 Å². The lowest BCUT2D eigenvalue weighted by Gasteiger charge is -2.22. The Morgan fingerprint density at radius 2 is 1.00 bits per heavy atom. The SMILES string of the molecule is COc1ccc([S+](c2ccc(OC)cc2)c2ccc(OC3C=CC=CC3C)cc2)cc1. The fraction of sp³-hybridized carbons (Fsp3) is 0.185. The molecule has 0 saturated heterocycles. The summed E-state index contributed by atoms with van der Waals surface area (Å²) in [6, 6.07) is 25.1. The molecule has 0 bridgehead atoms. The van der Waals surface area contributed by atoms with Crippen LogP contribution in [0.25, 0.3) is 0 Å². The molecule has 0 aromatic heterocycles. The zero-order chi connectivity index (χ0) is 21.6. The molecule has 0 heterocycles. The van der Waals surface area contributed by atoms with Crippen molar-refractivity contribution in [2.45, 2.75) is 27.7 Å². The summed E-state index contributed by atoms with van der Waals surface area (Å²) in [5.74, 6) is 2.95. The van der Waals surface area contributed by atoms with Gasteiger partial charge >= 0.3 is 0 Å². The first-order valence-corrected chi connectivity index (χ1v) is 11.5. The predicted molar refractivity (Wildman–Crippen MR) is 126 cm³/mol. The highest BCUT2D eigenvalue weighted by Gasteiger charge is 2.29. The molecule has 4 rings (SSSR count). The minimum atomic E-state index is -0.249. The molecule has 0 radical (unpaired) electrons. The van der Waals surface area contributed by atoms with E-state index in [-0.39, 0.29) is 17.0 Å². The molecule has 2 unspecified atom stereocenters. The van der Waals surface area contributed by atoms with Gasteiger partial charge in [0.05, 0.1) is 25.1 Å². The van der Waals surface area contributed by atoms with Crippen molar-refractivity contribution in [1.29, 1.82) is 0 Å². The van der Waals surface area contributed by atoms with Gasteiger partial charge in [-0.1, -0.05) is 25.2 Å². The van der Waals surface area contributed by atoms with Gasteiger partial charge in [-0.3, -0.25) is 0 Å². The Morgan fingerprint density at radius 3 is 1.42 bits per heavy atom. The molecule has 0 saturated carbocycles. The van der Waals surface area contributed by atoms with E-state index >= 15 is 0 Å². The third-order valence-electron chi connectivity index (χ3n) is 5.27. The number of rotatable bonds is 7. The lowest BCUT2D eigenvalue weighted by Crippen LogP contribution is -2.22. The summed E-state index contributed by atoms with van der Waals surface area (Å²) >= 11 is 0. The highest BCUT2D eigenvalue weighted by molar-refractivity contribution is 7.97. The van der Waals surface area contributed by atoms with Crippen molar-refractivity contribution in [3.05, 3.63) is 97.1 Å². The predicted octanol–water partition coefficient (Wildman–Crippen LogP) is 6.31. The van der Waals surface area contributed by atoms with Gasteiger partial charge in [0.1, 0.15) is 23.4 Å². The van der Waals surface area contributed by atoms with Crippen LogP contribution in [0.1, 0.15) is 6.92 Å². The molecule has 4 heteroatoms. The van der Waals surface area contributed by atoms with E-state index in [4.69, 9.17) is 14.2 Å². The maximum atomic E-state index is 6.21. The minimum absolute atomic E-state index is 0.0669. The van der Waals surface area contributed by atoms with Gasteiger partial charge < -0.3 is 14.2 Å². The number of hydrogen-bond acceptors (Lipinski definition) is 3. The number of allylic oxidation sites excluding steroid dienone is 2. The first kappa shape index (κ1) is 21.1. The van der Waals surface area contributed by atoms with Crippen molar-refractivity contribution in [3.8, 4) is 17.2 Å². The van der Waals surface area contributed by atoms with Crippen molar-refractivity contribution in [2.24, 2.45) is 5.92 Å². The summed E-state index contributed by atoms with van der Waals surface area (Å²) in [5.41, 5.74) is 0. The van der Waals surface area contributed by atoms with Crippen LogP contribution < -0.4 is 14.2 Å². The van der Waals surface area contributed by atoms with Crippen LogP contribution >= 0.6 is 0 Å². The maximum absolute atomic E-state index is 6.21. The van der Waals surface area contributed by atoms with E-state index in [1.165, 1.54) is 14.7 Å². The summed E-state index contributed by atoms with van der Waals surface area (Å²) in [4.78, 5) is 3.69. The Kier molecular flexibility index (Phi) is 6.68. The first-order valence-electron chi connectivity index (χ1n) is 10.3. The summed E-state index contributed by atoms with van der Waals surface area (Å²) in [7, 11) is 3.13. The van der Waals surface area contributed by atoms with E-state index in [0.29, 0.717) is 5.92 Å². The second-order valence-corrected chi connectivity index (χ2v) is 9.37. The second kappa shape index (κ2) is 9.80. The molecular weight excluding hydrogens is 404 g/mol. The van der Waals surface area contributed by atoms with Gasteiger partial charge in [0.2, 0.25) is 0 Å². The van der Waals surface area contributed by atoms with E-state index in [2.05, 4.69) is 73.7 Å². The molecule has 0 fully saturated rings. The minimum Gasteiger partial charge on any atom is -0.497 e. The normalized spacial score (nSPS) is 17.5. The molecule has 0 N–H and O–H groups in total. The van der Waals surface area contributed by atoms with Crippen LogP contribution in [0.15, 0.2) is 112 Å². The molecule has 3 aromatic rings. The van der Waals surface area contributed by atoms with Crippen molar-refractivity contribution < 1.29 is 14.2 Å². The molecule has 0 amide bonds. The molecule has 1 aliphatic rings. The molecule has 1 aliphatic carbocycles. The molecule has 0 aliphatic heterocycles. The molecule has 2 atom stereocenters. The van der Waals surface area contributed by atoms with E-state index in [9.17, 15) is 0 Å². The molecule has 3 aromatic carbocycles. The topological polar surface area (TPSA) is 27.7 Å². The van der Waals surface area contributed by atoms with E-state index in [0.717, 1.165) is 17.2 Å². The van der Waals surface area contributed by atoms with E-state index in [1.807, 2.05) is 30.3 Å². The Hall–Kier alpha value is -3.11. The lowest BCUT2D eigenvalue weighted by molar-refractivity contribution is 0.209. The Bertz CT molecular complexity index is 990. The third-order valence-corrected chi connectivity index (χ3v) is 7.50. The van der Waals surface area contributed by atoms with Crippen molar-refractivity contribution in [3.63, 3.8) is 0 Å². The Labute approximate surface area is 187 Å². The number of methoxy groups -OCH3 is 2. The molecule has 158 valence electrons. The van der Waals surface area contributed by atoms with E-state index in [1.54, 1.807) is 14.2 Å². The zero-order valence-electron chi connectivity index (χ0n) is 18.0. The fourth-order valence-corrected chi connectivity index (χ4v) is 5.53. The molecule has 3 nitrogen and oxygen atoms in total. The quantitative estimate of drug-likeness (QED) is 0.410. The highest BCUT2D eigenvalue weighted by Crippen LogP contribution is 2.34. The van der Waals surface area contributed by atoms with Crippen molar-refractivity contribution >= 4 is 10.9 Å². The highest BCUT2D eigenvalue weighted by atomic mass is 32.2. The fourth-order valence-electron chi connectivity index (χ4n) is 3.49. The van der Waals surface area contributed by atoms with Crippen LogP contribution in [0.2, 0.25) is 0 Å². The number of ether oxygens (including phenoxy) is 3. The van der Waals surface area contributed by atoms with Crippen LogP contribution in [0.4, 0.5) is 0 Å². The van der Waals surface area contributed by atoms with Gasteiger partial charge in [-0.2, -0.15) is 0 Å². The number of benzene rings is 3. The third kappa shape index (κ3) is 4.97. The van der Waals surface area contributed by atoms with Gasteiger partial charge in [0.25, 0.3) is 0 Å². The first-order chi connectivity index (χ1) is 15.2. The molecule has 31 heavy (non-hydrogen) atoms. The lowest BCUT2D eigenvalue weighted by atomic mass is 10.00. The monoisotopic (exact) mass is 431 g/mol. The van der Waals surface area contributed by atoms with Crippen LogP contribution in [0.5, 0.6) is 17.2 Å². The van der Waals surface area contributed by atoms with Crippen LogP contribution in [0.3, 0.4) is 0 Å². The summed E-state index contributed by atoms with van der Waals surface area (Å²) in [6.07, 6.45) is 8.46. The average molecular weight is 432 g/mol. The van der Waals surface area contributed by atoms with E-state index < -0.39 is 0 Å². The average Bonchev–Trinajstić information content (AvgIpc) is 2.83. The standard InChI is InChI=1S/C27H27O3S/c1-20-6-4-5-7-27(20)30-23-12-18-26(19-13-23)31(24-14-8-21(28-2)9-15-24)25-16-10-22(29-3)11-17-25/h4-20,27H,1-3H3/q+1. The van der Waals surface area contributed by atoms with Crippen LogP contribution in [-0.4, -0.2) is 20.3 Å². The second-order valence-electron chi connectivity index (χ2n) is 7.34. The van der Waals surface area contributed by atoms with Crippen LogP contribution in [-0.2, 0) is 10.9 Å². The van der Waals surface area contributed by atoms with Gasteiger partial charge in [-0.15, -0.1) is 0 Å². The Morgan fingerprint density at radius 1 is 0.581 bits per heavy atom. The summed E-state index contributed by atoms with van der Waals surface area (Å²) < 4.78 is 16.9. The van der Waals surface area contributed by atoms with Crippen LogP contribution in [0, 0.1) is 5.92 Å². The summed E-state index contributed by atoms with van der Waals surface area (Å²) in [5, 5.41) is 0. The molecular formula is C27H27O3S+. The maximum Gasteiger partial charge on any atom is 0.166 e. The Balaban J connectivity index is 1.63. The zero-order valence-corrected chi connectivity index (χ0v) is 18.8. The van der Waals surface area contributed by atoms with Crippen molar-refractivity contribution in [2.75, 3.05) is 14.2 Å². The van der Waals surface area contributed by atoms with Gasteiger partial charge in [0.15, 0.2) is 14.7 Å². The molecule has 0 spiro atoms. The number of hydrogen-bond donors (Lipinski definition) is 0. The van der Waals surface area contributed by atoms with Gasteiger partial charge in [-0.05, 0) is 78.9 Å². The largest absolute Gasteiger partial charge is 0.497 e.